The second-order valence-electron chi connectivity index (χ2n) is 10.4. The summed E-state index contributed by atoms with van der Waals surface area (Å²) < 4.78 is 11.1. The Hall–Kier alpha value is -3.66. The molecule has 1 spiro atoms. The molecule has 204 valence electrons. The van der Waals surface area contributed by atoms with Crippen LogP contribution < -0.4 is 20.7 Å². The van der Waals surface area contributed by atoms with E-state index in [0.29, 0.717) is 61.8 Å². The van der Waals surface area contributed by atoms with Gasteiger partial charge in [-0.15, -0.1) is 0 Å². The molecule has 3 heterocycles. The zero-order chi connectivity index (χ0) is 27.1. The lowest BCUT2D eigenvalue weighted by molar-refractivity contribution is -0.135. The van der Waals surface area contributed by atoms with Crippen LogP contribution in [0.5, 0.6) is 5.75 Å². The second kappa shape index (κ2) is 12.3. The van der Waals surface area contributed by atoms with Crippen LogP contribution in [-0.2, 0) is 9.59 Å². The third kappa shape index (κ3) is 6.80. The number of para-hydroxylation sites is 1. The van der Waals surface area contributed by atoms with Crippen LogP contribution in [0.1, 0.15) is 49.2 Å². The third-order valence-electron chi connectivity index (χ3n) is 7.28. The lowest BCUT2D eigenvalue weighted by Gasteiger charge is -2.41. The summed E-state index contributed by atoms with van der Waals surface area (Å²) in [6, 6.07) is 8.58. The number of fused-ring (bicyclic) bond motifs is 1. The molecular formula is C28H37N5O5. The molecule has 0 aliphatic carbocycles. The normalized spacial score (nSPS) is 21.5. The molecule has 0 radical (unpaired) electrons. The SMILES string of the molecule is Cc1cc(NC(=O)CN2CCC3(C/C=C/CNC(=O)c4ccccc4OC[C@@H](C(C)C)NC3=O)CC2)no1. The van der Waals surface area contributed by atoms with Gasteiger partial charge in [0.05, 0.1) is 23.6 Å². The van der Waals surface area contributed by atoms with E-state index in [0.717, 1.165) is 0 Å². The van der Waals surface area contributed by atoms with Crippen molar-refractivity contribution in [1.82, 2.24) is 20.7 Å². The van der Waals surface area contributed by atoms with Crippen molar-refractivity contribution in [2.24, 2.45) is 11.3 Å². The molecule has 1 aromatic heterocycles. The van der Waals surface area contributed by atoms with Gasteiger partial charge in [0.1, 0.15) is 18.1 Å². The Bertz CT molecular complexity index is 1170. The fraction of sp³-hybridized carbons (Fsp3) is 0.500. The molecule has 0 bridgehead atoms. The molecule has 2 aromatic rings. The molecule has 1 atom stereocenters. The van der Waals surface area contributed by atoms with Gasteiger partial charge < -0.3 is 25.2 Å². The van der Waals surface area contributed by atoms with Gasteiger partial charge in [-0.05, 0) is 57.3 Å². The highest BCUT2D eigenvalue weighted by Crippen LogP contribution is 2.36. The van der Waals surface area contributed by atoms with Crippen molar-refractivity contribution in [3.8, 4) is 5.75 Å². The van der Waals surface area contributed by atoms with Crippen LogP contribution in [-0.4, -0.2) is 66.6 Å². The van der Waals surface area contributed by atoms with E-state index in [-0.39, 0.29) is 42.8 Å². The molecule has 4 rings (SSSR count). The number of carbonyl (C=O) groups is 3. The predicted molar refractivity (Wildman–Crippen MR) is 143 cm³/mol. The number of nitrogens with zero attached hydrogens (tertiary/aromatic N) is 2. The minimum Gasteiger partial charge on any atom is -0.491 e. The van der Waals surface area contributed by atoms with E-state index in [1.807, 2.05) is 32.1 Å². The van der Waals surface area contributed by atoms with E-state index in [2.05, 4.69) is 26.0 Å². The molecule has 0 saturated carbocycles. The van der Waals surface area contributed by atoms with E-state index in [1.165, 1.54) is 0 Å². The Morgan fingerprint density at radius 1 is 1.21 bits per heavy atom. The zero-order valence-corrected chi connectivity index (χ0v) is 22.3. The first kappa shape index (κ1) is 27.4. The Labute approximate surface area is 223 Å². The number of hydrogen-bond acceptors (Lipinski definition) is 7. The highest BCUT2D eigenvalue weighted by molar-refractivity contribution is 5.97. The number of benzene rings is 1. The van der Waals surface area contributed by atoms with Crippen molar-refractivity contribution in [3.05, 3.63) is 53.8 Å². The average molecular weight is 524 g/mol. The van der Waals surface area contributed by atoms with Gasteiger partial charge in [-0.3, -0.25) is 19.3 Å². The van der Waals surface area contributed by atoms with Crippen LogP contribution in [0.2, 0.25) is 0 Å². The van der Waals surface area contributed by atoms with Gasteiger partial charge >= 0.3 is 0 Å². The minimum absolute atomic E-state index is 0.000930. The van der Waals surface area contributed by atoms with E-state index >= 15 is 0 Å². The first-order valence-electron chi connectivity index (χ1n) is 13.2. The highest BCUT2D eigenvalue weighted by Gasteiger charge is 2.41. The number of carbonyl (C=O) groups excluding carboxylic acids is 3. The largest absolute Gasteiger partial charge is 0.491 e. The van der Waals surface area contributed by atoms with E-state index < -0.39 is 5.41 Å². The molecule has 3 amide bonds. The van der Waals surface area contributed by atoms with Crippen molar-refractivity contribution >= 4 is 23.5 Å². The van der Waals surface area contributed by atoms with Crippen molar-refractivity contribution in [1.29, 1.82) is 0 Å². The lowest BCUT2D eigenvalue weighted by Crippen LogP contribution is -2.54. The minimum atomic E-state index is -0.605. The van der Waals surface area contributed by atoms with Crippen LogP contribution in [0.15, 0.2) is 47.0 Å². The van der Waals surface area contributed by atoms with Crippen LogP contribution in [0.4, 0.5) is 5.82 Å². The van der Waals surface area contributed by atoms with E-state index in [9.17, 15) is 14.4 Å². The molecule has 3 N–H and O–H groups in total. The summed E-state index contributed by atoms with van der Waals surface area (Å²) in [4.78, 5) is 41.0. The monoisotopic (exact) mass is 523 g/mol. The first-order chi connectivity index (χ1) is 18.3. The number of piperidine rings is 1. The van der Waals surface area contributed by atoms with Gasteiger partial charge in [0.2, 0.25) is 11.8 Å². The summed E-state index contributed by atoms with van der Waals surface area (Å²) in [6.45, 7) is 7.90. The van der Waals surface area contributed by atoms with Crippen molar-refractivity contribution in [2.45, 2.75) is 46.1 Å². The maximum absolute atomic E-state index is 13.8. The van der Waals surface area contributed by atoms with E-state index in [1.54, 1.807) is 31.2 Å². The molecule has 10 heteroatoms. The fourth-order valence-corrected chi connectivity index (χ4v) is 4.79. The first-order valence-corrected chi connectivity index (χ1v) is 13.2. The van der Waals surface area contributed by atoms with Crippen LogP contribution >= 0.6 is 0 Å². The number of rotatable bonds is 4. The number of aryl methyl sites for hydroxylation is 1. The van der Waals surface area contributed by atoms with E-state index in [4.69, 9.17) is 9.26 Å². The second-order valence-corrected chi connectivity index (χ2v) is 10.4. The summed E-state index contributed by atoms with van der Waals surface area (Å²) in [6.07, 6.45) is 5.64. The Morgan fingerprint density at radius 3 is 2.68 bits per heavy atom. The number of aromatic nitrogens is 1. The smallest absolute Gasteiger partial charge is 0.255 e. The molecule has 2 aliphatic rings. The number of allylic oxidation sites excluding steroid dienone is 1. The molecule has 0 unspecified atom stereocenters. The lowest BCUT2D eigenvalue weighted by atomic mass is 9.74. The van der Waals surface area contributed by atoms with Gasteiger partial charge in [-0.25, -0.2) is 0 Å². The molecule has 10 nitrogen and oxygen atoms in total. The number of nitrogens with one attached hydrogen (secondary N) is 3. The molecule has 1 aromatic carbocycles. The van der Waals surface area contributed by atoms with Crippen LogP contribution in [0, 0.1) is 18.3 Å². The number of ether oxygens (including phenoxy) is 1. The summed E-state index contributed by atoms with van der Waals surface area (Å²) in [5.74, 6) is 1.28. The van der Waals surface area contributed by atoms with Gasteiger partial charge in [0.15, 0.2) is 5.82 Å². The molecular weight excluding hydrogens is 486 g/mol. The summed E-state index contributed by atoms with van der Waals surface area (Å²) >= 11 is 0. The maximum Gasteiger partial charge on any atom is 0.255 e. The van der Waals surface area contributed by atoms with Gasteiger partial charge in [0.25, 0.3) is 5.91 Å². The number of hydrogen-bond donors (Lipinski definition) is 3. The molecule has 1 saturated heterocycles. The van der Waals surface area contributed by atoms with Crippen molar-refractivity contribution < 1.29 is 23.6 Å². The number of likely N-dealkylation sites (tertiary alicyclic amines) is 1. The summed E-state index contributed by atoms with van der Waals surface area (Å²) in [5, 5.41) is 12.7. The molecule has 1 fully saturated rings. The Kier molecular flexibility index (Phi) is 8.83. The molecule has 38 heavy (non-hydrogen) atoms. The predicted octanol–water partition coefficient (Wildman–Crippen LogP) is 2.91. The third-order valence-corrected chi connectivity index (χ3v) is 7.28. The maximum atomic E-state index is 13.8. The Balaban J connectivity index is 1.45. The average Bonchev–Trinajstić information content (AvgIpc) is 3.30. The number of anilines is 1. The standard InChI is InChI=1S/C28H37N5O5/c1-19(2)22-18-37-23-9-5-4-8-21(23)26(35)29-13-7-6-10-28(27(36)30-22)11-14-33(15-12-28)17-25(34)31-24-16-20(3)38-32-24/h4-9,16,19,22H,10-15,17-18H2,1-3H3,(H,29,35)(H,30,36)(H,31,32,34)/b7-6+/t22-/m0/s1. The van der Waals surface area contributed by atoms with Crippen molar-refractivity contribution in [2.75, 3.05) is 38.1 Å². The quantitative estimate of drug-likeness (QED) is 0.526. The molecule has 2 aliphatic heterocycles. The summed E-state index contributed by atoms with van der Waals surface area (Å²) in [5.41, 5.74) is -0.135. The zero-order valence-electron chi connectivity index (χ0n) is 22.3. The summed E-state index contributed by atoms with van der Waals surface area (Å²) in [7, 11) is 0. The van der Waals surface area contributed by atoms with Gasteiger partial charge in [0, 0.05) is 12.6 Å². The Morgan fingerprint density at radius 2 is 1.97 bits per heavy atom. The number of amides is 3. The topological polar surface area (TPSA) is 126 Å². The van der Waals surface area contributed by atoms with Crippen LogP contribution in [0.3, 0.4) is 0 Å². The van der Waals surface area contributed by atoms with Gasteiger partial charge in [-0.1, -0.05) is 43.3 Å². The highest BCUT2D eigenvalue weighted by atomic mass is 16.5. The van der Waals surface area contributed by atoms with Gasteiger partial charge in [-0.2, -0.15) is 0 Å². The van der Waals surface area contributed by atoms with Crippen LogP contribution in [0.25, 0.3) is 0 Å². The fourth-order valence-electron chi connectivity index (χ4n) is 4.79. The van der Waals surface area contributed by atoms with Crippen molar-refractivity contribution in [3.63, 3.8) is 0 Å².